The van der Waals surface area contributed by atoms with Crippen LogP contribution < -0.4 is 10.6 Å². The Morgan fingerprint density at radius 1 is 1.16 bits per heavy atom. The lowest BCUT2D eigenvalue weighted by atomic mass is 10.1. The van der Waals surface area contributed by atoms with E-state index in [4.69, 9.17) is 9.73 Å². The number of hydrogen-bond donors (Lipinski definition) is 2. The number of rotatable bonds is 5. The quantitative estimate of drug-likeness (QED) is 0.547. The van der Waals surface area contributed by atoms with Gasteiger partial charge in [-0.2, -0.15) is 11.8 Å². The molecule has 0 spiro atoms. The average molecular weight is 390 g/mol. The smallest absolute Gasteiger partial charge is 0.191 e. The lowest BCUT2D eigenvalue weighted by Crippen LogP contribution is -2.47. The minimum Gasteiger partial charge on any atom is -0.381 e. The number of thioether (sulfide) groups is 1. The maximum absolute atomic E-state index is 11.6. The summed E-state index contributed by atoms with van der Waals surface area (Å²) in [4.78, 5) is 4.73. The Labute approximate surface area is 155 Å². The molecule has 144 valence electrons. The predicted octanol–water partition coefficient (Wildman–Crippen LogP) is 1.42. The summed E-state index contributed by atoms with van der Waals surface area (Å²) in [6.45, 7) is 3.12. The first-order chi connectivity index (χ1) is 12.1. The molecule has 0 bridgehead atoms. The highest BCUT2D eigenvalue weighted by Gasteiger charge is 2.27. The minimum atomic E-state index is -2.83. The molecule has 0 radical (unpaired) electrons. The van der Waals surface area contributed by atoms with Gasteiger partial charge in [0, 0.05) is 37.6 Å². The SMILES string of the molecule is O=S1(=O)CCC(CN=C(NCC2CCCCS2)NC2CCOCC2)C1. The minimum absolute atomic E-state index is 0.169. The van der Waals surface area contributed by atoms with Gasteiger partial charge in [0.15, 0.2) is 15.8 Å². The molecule has 0 aromatic rings. The highest BCUT2D eigenvalue weighted by Crippen LogP contribution is 2.24. The molecule has 0 aliphatic carbocycles. The summed E-state index contributed by atoms with van der Waals surface area (Å²) in [6, 6.07) is 0.395. The third-order valence-electron chi connectivity index (χ3n) is 5.17. The van der Waals surface area contributed by atoms with Crippen molar-refractivity contribution in [2.45, 2.75) is 49.8 Å². The van der Waals surface area contributed by atoms with Crippen molar-refractivity contribution in [2.24, 2.45) is 10.9 Å². The van der Waals surface area contributed by atoms with Crippen molar-refractivity contribution in [3.8, 4) is 0 Å². The number of hydrogen-bond acceptors (Lipinski definition) is 5. The maximum atomic E-state index is 11.6. The lowest BCUT2D eigenvalue weighted by Gasteiger charge is -2.27. The summed E-state index contributed by atoms with van der Waals surface area (Å²) in [6.07, 6.45) is 6.66. The number of nitrogens with one attached hydrogen (secondary N) is 2. The Morgan fingerprint density at radius 3 is 2.68 bits per heavy atom. The molecule has 0 aromatic heterocycles. The van der Waals surface area contributed by atoms with E-state index in [2.05, 4.69) is 10.6 Å². The van der Waals surface area contributed by atoms with Gasteiger partial charge in [0.25, 0.3) is 0 Å². The molecule has 25 heavy (non-hydrogen) atoms. The molecule has 8 heteroatoms. The lowest BCUT2D eigenvalue weighted by molar-refractivity contribution is 0.0822. The van der Waals surface area contributed by atoms with Crippen LogP contribution >= 0.6 is 11.8 Å². The predicted molar refractivity (Wildman–Crippen MR) is 104 cm³/mol. The van der Waals surface area contributed by atoms with Gasteiger partial charge in [-0.1, -0.05) is 6.42 Å². The van der Waals surface area contributed by atoms with E-state index in [1.54, 1.807) is 0 Å². The van der Waals surface area contributed by atoms with Gasteiger partial charge in [-0.15, -0.1) is 0 Å². The van der Waals surface area contributed by atoms with Crippen LogP contribution in [0.1, 0.15) is 38.5 Å². The Balaban J connectivity index is 1.53. The van der Waals surface area contributed by atoms with Crippen LogP contribution in [0.5, 0.6) is 0 Å². The Bertz CT molecular complexity index is 541. The molecule has 2 atom stereocenters. The number of aliphatic imine (C=N–C) groups is 1. The fourth-order valence-corrected chi connectivity index (χ4v) is 6.69. The van der Waals surface area contributed by atoms with E-state index in [1.165, 1.54) is 25.0 Å². The van der Waals surface area contributed by atoms with E-state index in [9.17, 15) is 8.42 Å². The molecule has 3 fully saturated rings. The van der Waals surface area contributed by atoms with Crippen molar-refractivity contribution < 1.29 is 13.2 Å². The third kappa shape index (κ3) is 6.64. The maximum Gasteiger partial charge on any atom is 0.191 e. The van der Waals surface area contributed by atoms with E-state index in [1.807, 2.05) is 11.8 Å². The zero-order chi connectivity index (χ0) is 17.5. The van der Waals surface area contributed by atoms with Gasteiger partial charge in [-0.25, -0.2) is 8.42 Å². The van der Waals surface area contributed by atoms with Crippen LogP contribution in [0.4, 0.5) is 0 Å². The van der Waals surface area contributed by atoms with E-state index >= 15 is 0 Å². The molecule has 2 unspecified atom stereocenters. The first-order valence-electron chi connectivity index (χ1n) is 9.55. The summed E-state index contributed by atoms with van der Waals surface area (Å²) in [5.41, 5.74) is 0. The highest BCUT2D eigenvalue weighted by molar-refractivity contribution is 7.99. The second-order valence-electron chi connectivity index (χ2n) is 7.36. The van der Waals surface area contributed by atoms with Crippen molar-refractivity contribution in [3.05, 3.63) is 0 Å². The summed E-state index contributed by atoms with van der Waals surface area (Å²) < 4.78 is 28.7. The molecule has 3 rings (SSSR count). The molecule has 6 nitrogen and oxygen atoms in total. The summed E-state index contributed by atoms with van der Waals surface area (Å²) >= 11 is 2.05. The molecule has 3 aliphatic rings. The first-order valence-corrected chi connectivity index (χ1v) is 12.4. The second-order valence-corrected chi connectivity index (χ2v) is 11.0. The topological polar surface area (TPSA) is 79.8 Å². The van der Waals surface area contributed by atoms with Gasteiger partial charge in [0.05, 0.1) is 11.5 Å². The highest BCUT2D eigenvalue weighted by atomic mass is 32.2. The Morgan fingerprint density at radius 2 is 2.00 bits per heavy atom. The third-order valence-corrected chi connectivity index (χ3v) is 8.40. The van der Waals surface area contributed by atoms with Crippen molar-refractivity contribution in [1.82, 2.24) is 10.6 Å². The van der Waals surface area contributed by atoms with Crippen LogP contribution in [-0.4, -0.2) is 69.2 Å². The average Bonchev–Trinajstić information content (AvgIpc) is 2.98. The summed E-state index contributed by atoms with van der Waals surface area (Å²) in [7, 11) is -2.83. The number of nitrogens with zero attached hydrogens (tertiary/aromatic N) is 1. The van der Waals surface area contributed by atoms with Crippen molar-refractivity contribution in [1.29, 1.82) is 0 Å². The molecule has 2 N–H and O–H groups in total. The first kappa shape index (κ1) is 19.3. The fraction of sp³-hybridized carbons (Fsp3) is 0.941. The van der Waals surface area contributed by atoms with Gasteiger partial charge < -0.3 is 15.4 Å². The van der Waals surface area contributed by atoms with E-state index in [0.717, 1.165) is 45.0 Å². The zero-order valence-electron chi connectivity index (χ0n) is 14.9. The molecule has 0 amide bonds. The van der Waals surface area contributed by atoms with Gasteiger partial charge in [0.1, 0.15) is 0 Å². The van der Waals surface area contributed by atoms with Gasteiger partial charge in [0.2, 0.25) is 0 Å². The second kappa shape index (κ2) is 9.46. The van der Waals surface area contributed by atoms with Crippen molar-refractivity contribution in [3.63, 3.8) is 0 Å². The van der Waals surface area contributed by atoms with Gasteiger partial charge >= 0.3 is 0 Å². The molecule has 3 heterocycles. The standard InChI is InChI=1S/C17H31N3O3S2/c21-25(22)10-6-14(13-25)11-18-17(20-15-4-7-23-8-5-15)19-12-16-3-1-2-9-24-16/h14-16H,1-13H2,(H2,18,19,20). The number of sulfone groups is 1. The van der Waals surface area contributed by atoms with E-state index in [0.29, 0.717) is 29.3 Å². The van der Waals surface area contributed by atoms with E-state index < -0.39 is 9.84 Å². The summed E-state index contributed by atoms with van der Waals surface area (Å²) in [5.74, 6) is 2.89. The fourth-order valence-electron chi connectivity index (χ4n) is 3.60. The summed E-state index contributed by atoms with van der Waals surface area (Å²) in [5, 5.41) is 7.70. The number of ether oxygens (including phenoxy) is 1. The normalized spacial score (nSPS) is 31.0. The largest absolute Gasteiger partial charge is 0.381 e. The Hall–Kier alpha value is -0.470. The monoisotopic (exact) mass is 389 g/mol. The van der Waals surface area contributed by atoms with Crippen LogP contribution in [-0.2, 0) is 14.6 Å². The van der Waals surface area contributed by atoms with Crippen molar-refractivity contribution in [2.75, 3.05) is 43.6 Å². The van der Waals surface area contributed by atoms with Crippen LogP contribution in [0, 0.1) is 5.92 Å². The van der Waals surface area contributed by atoms with Crippen LogP contribution in [0.2, 0.25) is 0 Å². The molecule has 0 aromatic carbocycles. The van der Waals surface area contributed by atoms with Gasteiger partial charge in [-0.05, 0) is 43.8 Å². The molecular formula is C17H31N3O3S2. The number of guanidine groups is 1. The van der Waals surface area contributed by atoms with Crippen LogP contribution in [0.15, 0.2) is 4.99 Å². The van der Waals surface area contributed by atoms with Crippen LogP contribution in [0.3, 0.4) is 0 Å². The molecular weight excluding hydrogens is 358 g/mol. The Kier molecular flexibility index (Phi) is 7.30. The van der Waals surface area contributed by atoms with Crippen LogP contribution in [0.25, 0.3) is 0 Å². The van der Waals surface area contributed by atoms with Crippen molar-refractivity contribution >= 4 is 27.6 Å². The zero-order valence-corrected chi connectivity index (χ0v) is 16.5. The molecule has 3 aliphatic heterocycles. The van der Waals surface area contributed by atoms with Gasteiger partial charge in [-0.3, -0.25) is 4.99 Å². The molecule has 3 saturated heterocycles. The van der Waals surface area contributed by atoms with E-state index in [-0.39, 0.29) is 5.92 Å². The molecule has 0 saturated carbocycles.